The molecule has 0 aliphatic carbocycles. The zero-order valence-corrected chi connectivity index (χ0v) is 10.3. The Morgan fingerprint density at radius 3 is 2.58 bits per heavy atom. The summed E-state index contributed by atoms with van der Waals surface area (Å²) < 4.78 is 37.9. The molecule has 3 nitrogen and oxygen atoms in total. The maximum atomic E-state index is 12.6. The van der Waals surface area contributed by atoms with Crippen LogP contribution < -0.4 is 5.32 Å². The average molecular weight is 272 g/mol. The lowest BCUT2D eigenvalue weighted by Gasteiger charge is -2.33. The van der Waals surface area contributed by atoms with E-state index in [0.717, 1.165) is 0 Å². The molecular weight excluding hydrogens is 257 g/mol. The number of hydrogen-bond donors (Lipinski definition) is 1. The van der Waals surface area contributed by atoms with Crippen LogP contribution in [0.25, 0.3) is 0 Å². The summed E-state index contributed by atoms with van der Waals surface area (Å²) in [6.45, 7) is 0.105. The highest BCUT2D eigenvalue weighted by Crippen LogP contribution is 2.33. The van der Waals surface area contributed by atoms with E-state index in [-0.39, 0.29) is 13.0 Å². The van der Waals surface area contributed by atoms with Gasteiger partial charge in [-0.3, -0.25) is 0 Å². The summed E-state index contributed by atoms with van der Waals surface area (Å²) >= 11 is 0. The van der Waals surface area contributed by atoms with Crippen molar-refractivity contribution in [2.45, 2.75) is 19.0 Å². The van der Waals surface area contributed by atoms with Crippen LogP contribution in [0.15, 0.2) is 30.3 Å². The number of carbonyl (C=O) groups is 1. The summed E-state index contributed by atoms with van der Waals surface area (Å²) in [7, 11) is 0. The van der Waals surface area contributed by atoms with Crippen LogP contribution in [0.2, 0.25) is 0 Å². The molecule has 2 amide bonds. The topological polar surface area (TPSA) is 32.3 Å². The number of para-hydroxylation sites is 1. The van der Waals surface area contributed by atoms with Crippen molar-refractivity contribution >= 4 is 11.7 Å². The molecule has 1 saturated heterocycles. The third-order valence-electron chi connectivity index (χ3n) is 3.20. The maximum Gasteiger partial charge on any atom is 0.393 e. The summed E-state index contributed by atoms with van der Waals surface area (Å²) in [6, 6.07) is 8.23. The minimum atomic E-state index is -4.23. The molecule has 0 radical (unpaired) electrons. The van der Waals surface area contributed by atoms with E-state index in [1.165, 1.54) is 4.90 Å². The number of alkyl halides is 3. The van der Waals surface area contributed by atoms with Crippen molar-refractivity contribution in [2.75, 3.05) is 18.4 Å². The van der Waals surface area contributed by atoms with Gasteiger partial charge in [-0.1, -0.05) is 18.2 Å². The molecule has 1 N–H and O–H groups in total. The number of nitrogens with one attached hydrogen (secondary N) is 1. The second-order valence-electron chi connectivity index (χ2n) is 4.62. The van der Waals surface area contributed by atoms with E-state index < -0.39 is 18.1 Å². The van der Waals surface area contributed by atoms with E-state index in [4.69, 9.17) is 0 Å². The van der Waals surface area contributed by atoms with Crippen LogP contribution in [0.3, 0.4) is 0 Å². The molecule has 1 unspecified atom stereocenters. The summed E-state index contributed by atoms with van der Waals surface area (Å²) in [5, 5.41) is 2.60. The number of likely N-dealkylation sites (tertiary alicyclic amines) is 1. The van der Waals surface area contributed by atoms with Crippen molar-refractivity contribution in [3.05, 3.63) is 30.3 Å². The fourth-order valence-corrected chi connectivity index (χ4v) is 2.15. The Morgan fingerprint density at radius 1 is 1.26 bits per heavy atom. The highest BCUT2D eigenvalue weighted by atomic mass is 19.4. The number of benzene rings is 1. The van der Waals surface area contributed by atoms with Gasteiger partial charge < -0.3 is 10.2 Å². The molecule has 1 fully saturated rings. The molecule has 19 heavy (non-hydrogen) atoms. The van der Waals surface area contributed by atoms with Gasteiger partial charge in [-0.15, -0.1) is 0 Å². The molecule has 1 aromatic rings. The summed E-state index contributed by atoms with van der Waals surface area (Å²) in [5.41, 5.74) is 0.585. The third-order valence-corrected chi connectivity index (χ3v) is 3.20. The van der Waals surface area contributed by atoms with Crippen molar-refractivity contribution in [2.24, 2.45) is 5.92 Å². The Bertz CT molecular complexity index is 433. The number of urea groups is 1. The van der Waals surface area contributed by atoms with Crippen molar-refractivity contribution < 1.29 is 18.0 Å². The SMILES string of the molecule is O=C(Nc1ccccc1)N1CCCC(C(F)(F)F)C1. The summed E-state index contributed by atoms with van der Waals surface area (Å²) in [5.74, 6) is -1.41. The number of carbonyl (C=O) groups excluding carboxylic acids is 1. The van der Waals surface area contributed by atoms with Gasteiger partial charge >= 0.3 is 12.2 Å². The number of halogens is 3. The molecule has 0 bridgehead atoms. The van der Waals surface area contributed by atoms with E-state index in [9.17, 15) is 18.0 Å². The summed E-state index contributed by atoms with van der Waals surface area (Å²) in [4.78, 5) is 13.1. The monoisotopic (exact) mass is 272 g/mol. The average Bonchev–Trinajstić information content (AvgIpc) is 2.39. The lowest BCUT2D eigenvalue weighted by molar-refractivity contribution is -0.183. The normalized spacial score (nSPS) is 20.2. The fraction of sp³-hybridized carbons (Fsp3) is 0.462. The van der Waals surface area contributed by atoms with Gasteiger partial charge in [-0.05, 0) is 25.0 Å². The van der Waals surface area contributed by atoms with E-state index in [1.807, 2.05) is 0 Å². The minimum Gasteiger partial charge on any atom is -0.324 e. The Labute approximate surface area is 109 Å². The van der Waals surface area contributed by atoms with Crippen molar-refractivity contribution in [3.63, 3.8) is 0 Å². The van der Waals surface area contributed by atoms with Gasteiger partial charge in [0.15, 0.2) is 0 Å². The first-order valence-electron chi connectivity index (χ1n) is 6.14. The third kappa shape index (κ3) is 3.62. The van der Waals surface area contributed by atoms with Gasteiger partial charge in [0.25, 0.3) is 0 Å². The molecule has 1 atom stereocenters. The highest BCUT2D eigenvalue weighted by Gasteiger charge is 2.42. The standard InChI is InChI=1S/C13H15F3N2O/c14-13(15,16)10-5-4-8-18(9-10)12(19)17-11-6-2-1-3-7-11/h1-3,6-7,10H,4-5,8-9H2,(H,17,19). The lowest BCUT2D eigenvalue weighted by Crippen LogP contribution is -2.46. The number of nitrogens with zero attached hydrogens (tertiary/aromatic N) is 1. The van der Waals surface area contributed by atoms with Gasteiger partial charge in [0.1, 0.15) is 0 Å². The van der Waals surface area contributed by atoms with Crippen LogP contribution in [0.1, 0.15) is 12.8 Å². The van der Waals surface area contributed by atoms with Gasteiger partial charge in [0.05, 0.1) is 5.92 Å². The van der Waals surface area contributed by atoms with E-state index in [2.05, 4.69) is 5.32 Å². The van der Waals surface area contributed by atoms with Crippen LogP contribution >= 0.6 is 0 Å². The quantitative estimate of drug-likeness (QED) is 0.833. The molecule has 1 heterocycles. The molecule has 104 valence electrons. The molecule has 2 rings (SSSR count). The largest absolute Gasteiger partial charge is 0.393 e. The number of anilines is 1. The first-order chi connectivity index (χ1) is 8.97. The summed E-state index contributed by atoms with van der Waals surface area (Å²) in [6.07, 6.45) is -3.75. The first-order valence-corrected chi connectivity index (χ1v) is 6.14. The molecule has 6 heteroatoms. The highest BCUT2D eigenvalue weighted by molar-refractivity contribution is 5.89. The molecule has 0 saturated carbocycles. The first kappa shape index (κ1) is 13.7. The van der Waals surface area contributed by atoms with Crippen LogP contribution in [0.5, 0.6) is 0 Å². The van der Waals surface area contributed by atoms with E-state index >= 15 is 0 Å². The minimum absolute atomic E-state index is 0.0959. The Morgan fingerprint density at radius 2 is 1.95 bits per heavy atom. The number of amides is 2. The second kappa shape index (κ2) is 5.50. The van der Waals surface area contributed by atoms with E-state index in [0.29, 0.717) is 18.7 Å². The van der Waals surface area contributed by atoms with Crippen molar-refractivity contribution in [3.8, 4) is 0 Å². The number of rotatable bonds is 1. The van der Waals surface area contributed by atoms with Crippen LogP contribution in [-0.2, 0) is 0 Å². The van der Waals surface area contributed by atoms with Gasteiger partial charge in [-0.2, -0.15) is 13.2 Å². The smallest absolute Gasteiger partial charge is 0.324 e. The number of hydrogen-bond acceptors (Lipinski definition) is 1. The second-order valence-corrected chi connectivity index (χ2v) is 4.62. The zero-order chi connectivity index (χ0) is 13.9. The zero-order valence-electron chi connectivity index (χ0n) is 10.3. The predicted molar refractivity (Wildman–Crippen MR) is 65.8 cm³/mol. The number of piperidine rings is 1. The Kier molecular flexibility index (Phi) is 3.97. The lowest BCUT2D eigenvalue weighted by atomic mass is 9.98. The van der Waals surface area contributed by atoms with E-state index in [1.54, 1.807) is 30.3 Å². The molecule has 0 spiro atoms. The Balaban J connectivity index is 1.96. The maximum absolute atomic E-state index is 12.6. The van der Waals surface area contributed by atoms with Crippen LogP contribution in [0, 0.1) is 5.92 Å². The van der Waals surface area contributed by atoms with Crippen molar-refractivity contribution in [1.82, 2.24) is 4.90 Å². The van der Waals surface area contributed by atoms with Crippen LogP contribution in [0.4, 0.5) is 23.7 Å². The molecule has 1 aromatic carbocycles. The van der Waals surface area contributed by atoms with Crippen LogP contribution in [-0.4, -0.2) is 30.2 Å². The molecule has 1 aliphatic rings. The molecular formula is C13H15F3N2O. The molecule has 1 aliphatic heterocycles. The fourth-order valence-electron chi connectivity index (χ4n) is 2.15. The molecule has 0 aromatic heterocycles. The van der Waals surface area contributed by atoms with Crippen molar-refractivity contribution in [1.29, 1.82) is 0 Å². The predicted octanol–water partition coefficient (Wildman–Crippen LogP) is 3.49. The van der Waals surface area contributed by atoms with Gasteiger partial charge in [-0.25, -0.2) is 4.79 Å². The van der Waals surface area contributed by atoms with Gasteiger partial charge in [0.2, 0.25) is 0 Å². The van der Waals surface area contributed by atoms with Gasteiger partial charge in [0, 0.05) is 18.8 Å². The Hall–Kier alpha value is -1.72.